The number of hydrogen-bond acceptors (Lipinski definition) is 1. The van der Waals surface area contributed by atoms with Crippen LogP contribution in [-0.4, -0.2) is 17.7 Å². The first kappa shape index (κ1) is 13.1. The van der Waals surface area contributed by atoms with Crippen LogP contribution in [0, 0.1) is 5.41 Å². The Morgan fingerprint density at radius 3 is 2.41 bits per heavy atom. The van der Waals surface area contributed by atoms with Crippen molar-refractivity contribution in [3.63, 3.8) is 0 Å². The standard InChI is InChI=1S/C14H26N2S/c1-14(9-5-2-6-10-14)11-15-13(17)16-12-7-3-4-8-12/h12H,2-11H2,1H3,(H2,15,16,17). The molecule has 3 heteroatoms. The van der Waals surface area contributed by atoms with Crippen LogP contribution in [0.25, 0.3) is 0 Å². The summed E-state index contributed by atoms with van der Waals surface area (Å²) in [5, 5.41) is 7.77. The van der Waals surface area contributed by atoms with E-state index >= 15 is 0 Å². The van der Waals surface area contributed by atoms with E-state index in [1.165, 1.54) is 57.8 Å². The van der Waals surface area contributed by atoms with E-state index in [0.29, 0.717) is 11.5 Å². The molecular formula is C14H26N2S. The second-order valence-electron chi connectivity index (χ2n) is 6.18. The smallest absolute Gasteiger partial charge is 0.166 e. The van der Waals surface area contributed by atoms with E-state index in [1.54, 1.807) is 0 Å². The van der Waals surface area contributed by atoms with Gasteiger partial charge in [0.15, 0.2) is 5.11 Å². The first-order chi connectivity index (χ1) is 8.18. The van der Waals surface area contributed by atoms with Gasteiger partial charge in [-0.2, -0.15) is 0 Å². The van der Waals surface area contributed by atoms with Gasteiger partial charge in [0.1, 0.15) is 0 Å². The van der Waals surface area contributed by atoms with Gasteiger partial charge in [0.05, 0.1) is 0 Å². The lowest BCUT2D eigenvalue weighted by molar-refractivity contribution is 0.217. The molecule has 2 nitrogen and oxygen atoms in total. The zero-order valence-electron chi connectivity index (χ0n) is 11.1. The van der Waals surface area contributed by atoms with E-state index in [-0.39, 0.29) is 0 Å². The van der Waals surface area contributed by atoms with Gasteiger partial charge in [-0.25, -0.2) is 0 Å². The van der Waals surface area contributed by atoms with Crippen LogP contribution >= 0.6 is 12.2 Å². The molecule has 0 heterocycles. The Labute approximate surface area is 111 Å². The van der Waals surface area contributed by atoms with Crippen molar-refractivity contribution in [2.45, 2.75) is 70.8 Å². The Bertz CT molecular complexity index is 253. The number of nitrogens with one attached hydrogen (secondary N) is 2. The van der Waals surface area contributed by atoms with E-state index < -0.39 is 0 Å². The van der Waals surface area contributed by atoms with Gasteiger partial charge in [0, 0.05) is 12.6 Å². The molecule has 0 aromatic carbocycles. The van der Waals surface area contributed by atoms with E-state index in [4.69, 9.17) is 12.2 Å². The first-order valence-corrected chi connectivity index (χ1v) is 7.63. The quantitative estimate of drug-likeness (QED) is 0.755. The maximum absolute atomic E-state index is 5.39. The van der Waals surface area contributed by atoms with Crippen molar-refractivity contribution in [2.75, 3.05) is 6.54 Å². The van der Waals surface area contributed by atoms with E-state index in [1.807, 2.05) is 0 Å². The maximum Gasteiger partial charge on any atom is 0.166 e. The summed E-state index contributed by atoms with van der Waals surface area (Å²) < 4.78 is 0. The highest BCUT2D eigenvalue weighted by Gasteiger charge is 2.26. The SMILES string of the molecule is CC1(CNC(=S)NC2CCCC2)CCCCC1. The lowest BCUT2D eigenvalue weighted by atomic mass is 9.76. The van der Waals surface area contributed by atoms with Crippen molar-refractivity contribution in [3.8, 4) is 0 Å². The molecule has 98 valence electrons. The fraction of sp³-hybridized carbons (Fsp3) is 0.929. The number of rotatable bonds is 3. The lowest BCUT2D eigenvalue weighted by Crippen LogP contribution is -2.45. The molecular weight excluding hydrogens is 228 g/mol. The molecule has 2 fully saturated rings. The van der Waals surface area contributed by atoms with Gasteiger partial charge in [-0.05, 0) is 43.3 Å². The molecule has 0 spiro atoms. The molecule has 0 atom stereocenters. The predicted molar refractivity (Wildman–Crippen MR) is 77.2 cm³/mol. The summed E-state index contributed by atoms with van der Waals surface area (Å²) in [4.78, 5) is 0. The van der Waals surface area contributed by atoms with Crippen LogP contribution < -0.4 is 10.6 Å². The maximum atomic E-state index is 5.39. The summed E-state index contributed by atoms with van der Waals surface area (Å²) in [5.74, 6) is 0. The molecule has 0 aromatic rings. The van der Waals surface area contributed by atoms with Gasteiger partial charge < -0.3 is 10.6 Å². The van der Waals surface area contributed by atoms with Crippen LogP contribution in [0.1, 0.15) is 64.7 Å². The Kier molecular flexibility index (Phi) is 4.66. The molecule has 17 heavy (non-hydrogen) atoms. The summed E-state index contributed by atoms with van der Waals surface area (Å²) >= 11 is 5.39. The van der Waals surface area contributed by atoms with Gasteiger partial charge in [-0.3, -0.25) is 0 Å². The molecule has 2 saturated carbocycles. The highest BCUT2D eigenvalue weighted by Crippen LogP contribution is 2.34. The molecule has 2 rings (SSSR count). The van der Waals surface area contributed by atoms with Crippen molar-refractivity contribution in [1.29, 1.82) is 0 Å². The minimum Gasteiger partial charge on any atom is -0.362 e. The van der Waals surface area contributed by atoms with Crippen LogP contribution in [0.3, 0.4) is 0 Å². The van der Waals surface area contributed by atoms with Gasteiger partial charge in [-0.1, -0.05) is 39.0 Å². The molecule has 0 amide bonds. The highest BCUT2D eigenvalue weighted by atomic mass is 32.1. The zero-order chi connectivity index (χ0) is 12.1. The van der Waals surface area contributed by atoms with Crippen molar-refractivity contribution in [2.24, 2.45) is 5.41 Å². The minimum absolute atomic E-state index is 0.472. The minimum atomic E-state index is 0.472. The van der Waals surface area contributed by atoms with Gasteiger partial charge in [0.25, 0.3) is 0 Å². The Balaban J connectivity index is 1.67. The molecule has 0 radical (unpaired) electrons. The monoisotopic (exact) mass is 254 g/mol. The van der Waals surface area contributed by atoms with Gasteiger partial charge >= 0.3 is 0 Å². The molecule has 0 saturated heterocycles. The largest absolute Gasteiger partial charge is 0.362 e. The van der Waals surface area contributed by atoms with E-state index in [2.05, 4.69) is 17.6 Å². The number of hydrogen-bond donors (Lipinski definition) is 2. The van der Waals surface area contributed by atoms with Gasteiger partial charge in [-0.15, -0.1) is 0 Å². The third-order valence-electron chi connectivity index (χ3n) is 4.43. The highest BCUT2D eigenvalue weighted by molar-refractivity contribution is 7.80. The normalized spacial score (nSPS) is 24.5. The van der Waals surface area contributed by atoms with Crippen molar-refractivity contribution < 1.29 is 0 Å². The van der Waals surface area contributed by atoms with Crippen LogP contribution in [-0.2, 0) is 0 Å². The van der Waals surface area contributed by atoms with E-state index in [9.17, 15) is 0 Å². The molecule has 0 aromatic heterocycles. The second kappa shape index (κ2) is 6.03. The van der Waals surface area contributed by atoms with Crippen molar-refractivity contribution in [3.05, 3.63) is 0 Å². The zero-order valence-corrected chi connectivity index (χ0v) is 11.9. The molecule has 0 unspecified atom stereocenters. The summed E-state index contributed by atoms with van der Waals surface area (Å²) in [7, 11) is 0. The summed E-state index contributed by atoms with van der Waals surface area (Å²) in [6, 6.07) is 0.633. The predicted octanol–water partition coefficient (Wildman–Crippen LogP) is 3.36. The van der Waals surface area contributed by atoms with Crippen LogP contribution in [0.2, 0.25) is 0 Å². The summed E-state index contributed by atoms with van der Waals surface area (Å²) in [6.45, 7) is 3.45. The molecule has 0 bridgehead atoms. The topological polar surface area (TPSA) is 24.1 Å². The van der Waals surface area contributed by atoms with Gasteiger partial charge in [0.2, 0.25) is 0 Å². The summed E-state index contributed by atoms with van der Waals surface area (Å²) in [6.07, 6.45) is 12.2. The number of thiocarbonyl (C=S) groups is 1. The second-order valence-corrected chi connectivity index (χ2v) is 6.59. The summed E-state index contributed by atoms with van der Waals surface area (Å²) in [5.41, 5.74) is 0.472. The van der Waals surface area contributed by atoms with E-state index in [0.717, 1.165) is 11.7 Å². The van der Waals surface area contributed by atoms with Crippen molar-refractivity contribution >= 4 is 17.3 Å². The fourth-order valence-electron chi connectivity index (χ4n) is 3.18. The van der Waals surface area contributed by atoms with Crippen LogP contribution in [0.15, 0.2) is 0 Å². The third kappa shape index (κ3) is 4.13. The molecule has 2 N–H and O–H groups in total. The van der Waals surface area contributed by atoms with Crippen molar-refractivity contribution in [1.82, 2.24) is 10.6 Å². The Morgan fingerprint density at radius 2 is 1.76 bits per heavy atom. The Hall–Kier alpha value is -0.310. The molecule has 0 aliphatic heterocycles. The van der Waals surface area contributed by atoms with Crippen LogP contribution in [0.5, 0.6) is 0 Å². The fourth-order valence-corrected chi connectivity index (χ4v) is 3.42. The lowest BCUT2D eigenvalue weighted by Gasteiger charge is -2.34. The first-order valence-electron chi connectivity index (χ1n) is 7.22. The average Bonchev–Trinajstić information content (AvgIpc) is 2.80. The Morgan fingerprint density at radius 1 is 1.12 bits per heavy atom. The molecule has 2 aliphatic carbocycles. The molecule has 2 aliphatic rings. The average molecular weight is 254 g/mol. The third-order valence-corrected chi connectivity index (χ3v) is 4.69. The van der Waals surface area contributed by atoms with Crippen LogP contribution in [0.4, 0.5) is 0 Å².